The first kappa shape index (κ1) is 29.4. The number of anilines is 1. The number of benzene rings is 3. The predicted octanol–water partition coefficient (Wildman–Crippen LogP) is 5.57. The molecule has 3 aromatic carbocycles. The minimum absolute atomic E-state index is 0.0648. The summed E-state index contributed by atoms with van der Waals surface area (Å²) in [5, 5.41) is 3.74. The van der Waals surface area contributed by atoms with E-state index in [1.807, 2.05) is 18.2 Å². The third kappa shape index (κ3) is 8.23. The molecule has 3 aromatic rings. The van der Waals surface area contributed by atoms with Crippen molar-refractivity contribution in [1.82, 2.24) is 5.32 Å². The molecule has 5 rings (SSSR count). The van der Waals surface area contributed by atoms with E-state index < -0.39 is 0 Å². The molecule has 3 atom stereocenters. The van der Waals surface area contributed by atoms with Gasteiger partial charge in [0.05, 0.1) is 38.7 Å². The Morgan fingerprint density at radius 1 is 0.927 bits per heavy atom. The van der Waals surface area contributed by atoms with Crippen LogP contribution in [0.4, 0.5) is 5.69 Å². The zero-order valence-electron chi connectivity index (χ0n) is 24.4. The molecular weight excluding hydrogens is 516 g/mol. The van der Waals surface area contributed by atoms with Crippen LogP contribution in [-0.4, -0.2) is 65.8 Å². The molecule has 0 aliphatic carbocycles. The SMILES string of the molecule is COCCCN1CCOc2ccc(CO[C@H]3CN[C@@H](CCOCc4ccccc4)C[C@@H]3c3ccc(OC)cc3)cc21. The van der Waals surface area contributed by atoms with Gasteiger partial charge in [0.1, 0.15) is 18.1 Å². The Hall–Kier alpha value is -3.10. The van der Waals surface area contributed by atoms with Crippen LogP contribution < -0.4 is 19.7 Å². The molecule has 2 aliphatic rings. The van der Waals surface area contributed by atoms with E-state index in [9.17, 15) is 0 Å². The van der Waals surface area contributed by atoms with Crippen molar-refractivity contribution in [2.24, 2.45) is 0 Å². The van der Waals surface area contributed by atoms with E-state index in [0.29, 0.717) is 25.9 Å². The Kier molecular flexibility index (Phi) is 10.9. The van der Waals surface area contributed by atoms with E-state index in [-0.39, 0.29) is 12.0 Å². The van der Waals surface area contributed by atoms with Gasteiger partial charge in [-0.05, 0) is 60.2 Å². The summed E-state index contributed by atoms with van der Waals surface area (Å²) in [5.41, 5.74) is 4.81. The maximum atomic E-state index is 6.64. The number of rotatable bonds is 14. The van der Waals surface area contributed by atoms with Crippen LogP contribution in [0.1, 0.15) is 41.9 Å². The lowest BCUT2D eigenvalue weighted by Gasteiger charge is -2.37. The summed E-state index contributed by atoms with van der Waals surface area (Å²) in [4.78, 5) is 2.40. The van der Waals surface area contributed by atoms with Crippen LogP contribution in [0, 0.1) is 0 Å². The first-order valence-electron chi connectivity index (χ1n) is 14.8. The maximum Gasteiger partial charge on any atom is 0.142 e. The Labute approximate surface area is 244 Å². The monoisotopic (exact) mass is 560 g/mol. The largest absolute Gasteiger partial charge is 0.497 e. The average Bonchev–Trinajstić information content (AvgIpc) is 3.03. The molecule has 1 N–H and O–H groups in total. The average molecular weight is 561 g/mol. The molecule has 7 heteroatoms. The van der Waals surface area contributed by atoms with Crippen molar-refractivity contribution >= 4 is 5.69 Å². The Morgan fingerprint density at radius 3 is 2.59 bits per heavy atom. The van der Waals surface area contributed by atoms with Crippen molar-refractivity contribution in [1.29, 1.82) is 0 Å². The molecule has 2 heterocycles. The van der Waals surface area contributed by atoms with E-state index in [0.717, 1.165) is 74.9 Å². The molecule has 220 valence electrons. The molecule has 0 amide bonds. The lowest BCUT2D eigenvalue weighted by Crippen LogP contribution is -2.47. The van der Waals surface area contributed by atoms with E-state index in [4.69, 9.17) is 23.7 Å². The molecule has 0 saturated carbocycles. The molecule has 0 bridgehead atoms. The van der Waals surface area contributed by atoms with Gasteiger partial charge in [0, 0.05) is 45.4 Å². The smallest absolute Gasteiger partial charge is 0.142 e. The minimum atomic E-state index is 0.0648. The molecule has 2 aliphatic heterocycles. The molecule has 7 nitrogen and oxygen atoms in total. The topological polar surface area (TPSA) is 61.4 Å². The predicted molar refractivity (Wildman–Crippen MR) is 162 cm³/mol. The summed E-state index contributed by atoms with van der Waals surface area (Å²) in [5.74, 6) is 2.11. The van der Waals surface area contributed by atoms with Gasteiger partial charge in [0.2, 0.25) is 0 Å². The standard InChI is InChI=1S/C34H44N2O5/c1-37-18-6-16-36-17-20-40-33-14-9-27(21-32(33)36)25-41-34-23-35-29(15-19-39-24-26-7-4-3-5-8-26)22-31(34)28-10-12-30(38-2)13-11-28/h3-5,7-14,21,29,31,34-35H,6,15-20,22-25H2,1-2H3/t29-,31+,34-/m0/s1. The number of piperidine rings is 1. The number of fused-ring (bicyclic) bond motifs is 1. The van der Waals surface area contributed by atoms with E-state index in [1.54, 1.807) is 14.2 Å². The minimum Gasteiger partial charge on any atom is -0.497 e. The third-order valence-electron chi connectivity index (χ3n) is 8.08. The number of hydrogen-bond donors (Lipinski definition) is 1. The van der Waals surface area contributed by atoms with Crippen LogP contribution in [0.15, 0.2) is 72.8 Å². The summed E-state index contributed by atoms with van der Waals surface area (Å²) < 4.78 is 29.3. The second-order valence-electron chi connectivity index (χ2n) is 10.9. The van der Waals surface area contributed by atoms with Gasteiger partial charge >= 0.3 is 0 Å². The molecule has 1 fully saturated rings. The second kappa shape index (κ2) is 15.2. The van der Waals surface area contributed by atoms with Crippen LogP contribution in [-0.2, 0) is 27.4 Å². The molecular formula is C34H44N2O5. The number of methoxy groups -OCH3 is 2. The van der Waals surface area contributed by atoms with E-state index in [2.05, 4.69) is 64.8 Å². The number of hydrogen-bond acceptors (Lipinski definition) is 7. The van der Waals surface area contributed by atoms with Gasteiger partial charge in [-0.2, -0.15) is 0 Å². The third-order valence-corrected chi connectivity index (χ3v) is 8.08. The summed E-state index contributed by atoms with van der Waals surface area (Å²) in [6.07, 6.45) is 3.02. The zero-order chi connectivity index (χ0) is 28.3. The lowest BCUT2D eigenvalue weighted by atomic mass is 9.83. The highest BCUT2D eigenvalue weighted by molar-refractivity contribution is 5.61. The quantitative estimate of drug-likeness (QED) is 0.259. The van der Waals surface area contributed by atoms with Gasteiger partial charge < -0.3 is 33.9 Å². The molecule has 0 aromatic heterocycles. The van der Waals surface area contributed by atoms with Crippen molar-refractivity contribution in [3.05, 3.63) is 89.5 Å². The van der Waals surface area contributed by atoms with Crippen LogP contribution in [0.3, 0.4) is 0 Å². The molecule has 0 radical (unpaired) electrons. The number of nitrogens with zero attached hydrogens (tertiary/aromatic N) is 1. The maximum absolute atomic E-state index is 6.64. The van der Waals surface area contributed by atoms with Crippen molar-refractivity contribution in [3.8, 4) is 11.5 Å². The second-order valence-corrected chi connectivity index (χ2v) is 10.9. The fourth-order valence-electron chi connectivity index (χ4n) is 5.80. The van der Waals surface area contributed by atoms with Crippen LogP contribution in [0.5, 0.6) is 11.5 Å². The van der Waals surface area contributed by atoms with Crippen LogP contribution in [0.2, 0.25) is 0 Å². The first-order chi connectivity index (χ1) is 20.2. The number of nitrogens with one attached hydrogen (secondary N) is 1. The highest BCUT2D eigenvalue weighted by Crippen LogP contribution is 2.35. The molecule has 41 heavy (non-hydrogen) atoms. The zero-order valence-corrected chi connectivity index (χ0v) is 24.4. The summed E-state index contributed by atoms with van der Waals surface area (Å²) in [7, 11) is 3.46. The van der Waals surface area contributed by atoms with Crippen LogP contribution >= 0.6 is 0 Å². The summed E-state index contributed by atoms with van der Waals surface area (Å²) in [6, 6.07) is 25.6. The lowest BCUT2D eigenvalue weighted by molar-refractivity contribution is -0.000710. The van der Waals surface area contributed by atoms with Gasteiger partial charge in [-0.3, -0.25) is 0 Å². The number of ether oxygens (including phenoxy) is 5. The van der Waals surface area contributed by atoms with E-state index in [1.165, 1.54) is 11.1 Å². The Morgan fingerprint density at radius 2 is 1.78 bits per heavy atom. The van der Waals surface area contributed by atoms with Gasteiger partial charge in [-0.25, -0.2) is 0 Å². The van der Waals surface area contributed by atoms with Crippen molar-refractivity contribution in [2.75, 3.05) is 58.6 Å². The first-order valence-corrected chi connectivity index (χ1v) is 14.8. The fraction of sp³-hybridized carbons (Fsp3) is 0.471. The summed E-state index contributed by atoms with van der Waals surface area (Å²) in [6.45, 7) is 6.06. The van der Waals surface area contributed by atoms with E-state index >= 15 is 0 Å². The molecule has 0 unspecified atom stereocenters. The van der Waals surface area contributed by atoms with Gasteiger partial charge in [0.15, 0.2) is 0 Å². The van der Waals surface area contributed by atoms with Gasteiger partial charge in [-0.1, -0.05) is 48.5 Å². The van der Waals surface area contributed by atoms with Gasteiger partial charge in [-0.15, -0.1) is 0 Å². The summed E-state index contributed by atoms with van der Waals surface area (Å²) >= 11 is 0. The highest BCUT2D eigenvalue weighted by Gasteiger charge is 2.32. The van der Waals surface area contributed by atoms with Gasteiger partial charge in [0.25, 0.3) is 0 Å². The molecule has 1 saturated heterocycles. The van der Waals surface area contributed by atoms with Crippen molar-refractivity contribution < 1.29 is 23.7 Å². The molecule has 0 spiro atoms. The fourth-order valence-corrected chi connectivity index (χ4v) is 5.80. The normalized spacial score (nSPS) is 20.3. The van der Waals surface area contributed by atoms with Crippen molar-refractivity contribution in [2.45, 2.75) is 50.5 Å². The van der Waals surface area contributed by atoms with Crippen molar-refractivity contribution in [3.63, 3.8) is 0 Å². The Balaban J connectivity index is 1.21. The Bertz CT molecular complexity index is 1190. The highest BCUT2D eigenvalue weighted by atomic mass is 16.5. The van der Waals surface area contributed by atoms with Crippen LogP contribution in [0.25, 0.3) is 0 Å².